The first-order valence-corrected chi connectivity index (χ1v) is 6.86. The topological polar surface area (TPSA) is 35.8 Å². The van der Waals surface area contributed by atoms with E-state index in [0.29, 0.717) is 5.56 Å². The second kappa shape index (κ2) is 7.06. The summed E-state index contributed by atoms with van der Waals surface area (Å²) in [4.78, 5) is 0. The highest BCUT2D eigenvalue weighted by molar-refractivity contribution is 5.24. The van der Waals surface area contributed by atoms with Gasteiger partial charge in [-0.3, -0.25) is 5.32 Å². The van der Waals surface area contributed by atoms with Gasteiger partial charge >= 0.3 is 0 Å². The fraction of sp³-hybridized carbons (Fsp3) is 0.438. The Hall–Kier alpha value is -1.66. The Labute approximate surface area is 113 Å². The Morgan fingerprint density at radius 2 is 2.26 bits per heavy atom. The van der Waals surface area contributed by atoms with Crippen LogP contribution in [-0.4, -0.2) is 6.54 Å². The average Bonchev–Trinajstić information content (AvgIpc) is 2.45. The van der Waals surface area contributed by atoms with Crippen LogP contribution < -0.4 is 5.32 Å². The lowest BCUT2D eigenvalue weighted by Gasteiger charge is -2.15. The maximum absolute atomic E-state index is 13.1. The summed E-state index contributed by atoms with van der Waals surface area (Å²) in [7, 11) is 0. The van der Waals surface area contributed by atoms with Gasteiger partial charge < -0.3 is 0 Å². The molecule has 0 fully saturated rings. The zero-order valence-corrected chi connectivity index (χ0v) is 11.0. The molecule has 0 amide bonds. The number of allylic oxidation sites excluding steroid dienone is 1. The lowest BCUT2D eigenvalue weighted by molar-refractivity contribution is 0.591. The van der Waals surface area contributed by atoms with Gasteiger partial charge in [0.25, 0.3) is 0 Å². The van der Waals surface area contributed by atoms with Gasteiger partial charge in [0.05, 0.1) is 6.07 Å². The molecule has 0 bridgehead atoms. The van der Waals surface area contributed by atoms with Crippen molar-refractivity contribution < 1.29 is 4.39 Å². The monoisotopic (exact) mass is 258 g/mol. The largest absolute Gasteiger partial charge is 0.298 e. The van der Waals surface area contributed by atoms with Crippen LogP contribution in [0, 0.1) is 17.1 Å². The third kappa shape index (κ3) is 4.18. The standard InChI is InChI=1S/C16H19FN2/c17-15-8-4-7-14(11-15)16(12-18)19-10-9-13-5-2-1-3-6-13/h4-5,7-8,11,16,19H,1-3,6,9-10H2. The van der Waals surface area contributed by atoms with E-state index in [2.05, 4.69) is 17.5 Å². The van der Waals surface area contributed by atoms with Crippen molar-refractivity contribution in [2.75, 3.05) is 6.54 Å². The highest BCUT2D eigenvalue weighted by Crippen LogP contribution is 2.20. The third-order valence-corrected chi connectivity index (χ3v) is 3.49. The molecule has 1 aromatic rings. The number of hydrogen-bond acceptors (Lipinski definition) is 2. The van der Waals surface area contributed by atoms with Crippen LogP contribution in [0.1, 0.15) is 43.7 Å². The molecule has 0 heterocycles. The molecule has 100 valence electrons. The Balaban J connectivity index is 1.86. The lowest BCUT2D eigenvalue weighted by Crippen LogP contribution is -2.21. The molecule has 1 unspecified atom stereocenters. The van der Waals surface area contributed by atoms with E-state index in [4.69, 9.17) is 5.26 Å². The highest BCUT2D eigenvalue weighted by Gasteiger charge is 2.11. The number of rotatable bonds is 5. The number of nitrogens with zero attached hydrogens (tertiary/aromatic N) is 1. The van der Waals surface area contributed by atoms with Gasteiger partial charge in [0.15, 0.2) is 0 Å². The SMILES string of the molecule is N#CC(NCCC1=CCCCC1)c1cccc(F)c1. The first kappa shape index (κ1) is 13.8. The molecular formula is C16H19FN2. The second-order valence-corrected chi connectivity index (χ2v) is 4.93. The van der Waals surface area contributed by atoms with Crippen LogP contribution >= 0.6 is 0 Å². The molecule has 2 nitrogen and oxygen atoms in total. The molecule has 1 N–H and O–H groups in total. The van der Waals surface area contributed by atoms with Crippen molar-refractivity contribution in [3.63, 3.8) is 0 Å². The predicted molar refractivity (Wildman–Crippen MR) is 73.9 cm³/mol. The van der Waals surface area contributed by atoms with Gasteiger partial charge in [-0.25, -0.2) is 4.39 Å². The zero-order valence-electron chi connectivity index (χ0n) is 11.0. The lowest BCUT2D eigenvalue weighted by atomic mass is 9.97. The summed E-state index contributed by atoms with van der Waals surface area (Å²) in [5.41, 5.74) is 2.18. The highest BCUT2D eigenvalue weighted by atomic mass is 19.1. The van der Waals surface area contributed by atoms with Gasteiger partial charge in [-0.1, -0.05) is 23.8 Å². The summed E-state index contributed by atoms with van der Waals surface area (Å²) >= 11 is 0. The van der Waals surface area contributed by atoms with E-state index in [0.717, 1.165) is 13.0 Å². The van der Waals surface area contributed by atoms with E-state index in [-0.39, 0.29) is 5.82 Å². The van der Waals surface area contributed by atoms with Crippen molar-refractivity contribution in [2.45, 2.75) is 38.1 Å². The summed E-state index contributed by atoms with van der Waals surface area (Å²) in [6, 6.07) is 7.99. The third-order valence-electron chi connectivity index (χ3n) is 3.49. The molecule has 0 spiro atoms. The average molecular weight is 258 g/mol. The van der Waals surface area contributed by atoms with Gasteiger partial charge in [-0.2, -0.15) is 5.26 Å². The molecule has 1 aromatic carbocycles. The maximum atomic E-state index is 13.1. The van der Waals surface area contributed by atoms with E-state index in [1.807, 2.05) is 0 Å². The van der Waals surface area contributed by atoms with Crippen molar-refractivity contribution >= 4 is 0 Å². The van der Waals surface area contributed by atoms with Crippen LogP contribution in [0.3, 0.4) is 0 Å². The number of nitriles is 1. The zero-order chi connectivity index (χ0) is 13.5. The van der Waals surface area contributed by atoms with E-state index in [1.165, 1.54) is 43.4 Å². The second-order valence-electron chi connectivity index (χ2n) is 4.93. The summed E-state index contributed by atoms with van der Waals surface area (Å²) in [6.07, 6.45) is 8.22. The summed E-state index contributed by atoms with van der Waals surface area (Å²) in [5, 5.41) is 12.3. The van der Waals surface area contributed by atoms with Crippen LogP contribution in [-0.2, 0) is 0 Å². The van der Waals surface area contributed by atoms with Gasteiger partial charge in [-0.15, -0.1) is 0 Å². The van der Waals surface area contributed by atoms with Crippen molar-refractivity contribution in [1.29, 1.82) is 5.26 Å². The molecule has 2 rings (SSSR count). The molecule has 0 saturated heterocycles. The smallest absolute Gasteiger partial charge is 0.123 e. The fourth-order valence-corrected chi connectivity index (χ4v) is 2.43. The molecule has 1 atom stereocenters. The molecule has 0 aliphatic heterocycles. The van der Waals surface area contributed by atoms with Crippen LogP contribution in [0.2, 0.25) is 0 Å². The van der Waals surface area contributed by atoms with Gasteiger partial charge in [0, 0.05) is 6.54 Å². The predicted octanol–water partition coefficient (Wildman–Crippen LogP) is 3.87. The Morgan fingerprint density at radius 3 is 2.95 bits per heavy atom. The van der Waals surface area contributed by atoms with Crippen molar-refractivity contribution in [3.05, 3.63) is 47.3 Å². The van der Waals surface area contributed by atoms with Crippen LogP contribution in [0.25, 0.3) is 0 Å². The Morgan fingerprint density at radius 1 is 1.37 bits per heavy atom. The molecule has 0 saturated carbocycles. The fourth-order valence-electron chi connectivity index (χ4n) is 2.43. The van der Waals surface area contributed by atoms with Gasteiger partial charge in [0.1, 0.15) is 11.9 Å². The molecule has 1 aliphatic carbocycles. The first-order chi connectivity index (χ1) is 9.29. The molecule has 0 radical (unpaired) electrons. The van der Waals surface area contributed by atoms with Crippen molar-refractivity contribution in [1.82, 2.24) is 5.32 Å². The van der Waals surface area contributed by atoms with Crippen LogP contribution in [0.4, 0.5) is 4.39 Å². The van der Waals surface area contributed by atoms with E-state index in [1.54, 1.807) is 12.1 Å². The molecule has 3 heteroatoms. The van der Waals surface area contributed by atoms with Gasteiger partial charge in [0.2, 0.25) is 0 Å². The number of halogens is 1. The minimum Gasteiger partial charge on any atom is -0.298 e. The van der Waals surface area contributed by atoms with Crippen molar-refractivity contribution in [3.8, 4) is 6.07 Å². The quantitative estimate of drug-likeness (QED) is 0.814. The number of nitrogens with one attached hydrogen (secondary N) is 1. The normalized spacial score (nSPS) is 16.5. The Bertz CT molecular complexity index is 488. The summed E-state index contributed by atoms with van der Waals surface area (Å²) in [5.74, 6) is -0.297. The minimum atomic E-state index is -0.431. The van der Waals surface area contributed by atoms with E-state index in [9.17, 15) is 4.39 Å². The molecule has 0 aromatic heterocycles. The van der Waals surface area contributed by atoms with E-state index < -0.39 is 6.04 Å². The molecular weight excluding hydrogens is 239 g/mol. The first-order valence-electron chi connectivity index (χ1n) is 6.86. The number of benzene rings is 1. The maximum Gasteiger partial charge on any atom is 0.123 e. The van der Waals surface area contributed by atoms with Crippen LogP contribution in [0.15, 0.2) is 35.9 Å². The summed E-state index contributed by atoms with van der Waals surface area (Å²) < 4.78 is 13.1. The van der Waals surface area contributed by atoms with Crippen LogP contribution in [0.5, 0.6) is 0 Å². The number of hydrogen-bond donors (Lipinski definition) is 1. The van der Waals surface area contributed by atoms with E-state index >= 15 is 0 Å². The molecule has 19 heavy (non-hydrogen) atoms. The van der Waals surface area contributed by atoms with Gasteiger partial charge in [-0.05, 0) is 49.8 Å². The summed E-state index contributed by atoms with van der Waals surface area (Å²) in [6.45, 7) is 0.764. The minimum absolute atomic E-state index is 0.297. The Kier molecular flexibility index (Phi) is 5.11. The molecule has 1 aliphatic rings. The van der Waals surface area contributed by atoms with Crippen molar-refractivity contribution in [2.24, 2.45) is 0 Å².